The third-order valence-electron chi connectivity index (χ3n) is 31.8. The third kappa shape index (κ3) is 10.4. The fraction of sp³-hybridized carbons (Fsp3) is 0.115. The van der Waals surface area contributed by atoms with Gasteiger partial charge in [0.05, 0.1) is 42.1 Å². The summed E-state index contributed by atoms with van der Waals surface area (Å²) in [4.78, 5) is 20.7. The average Bonchev–Trinajstić information content (AvgIpc) is 1.47. The van der Waals surface area contributed by atoms with Crippen molar-refractivity contribution < 1.29 is 60.6 Å². The Morgan fingerprint density at radius 3 is 1.83 bits per heavy atom. The summed E-state index contributed by atoms with van der Waals surface area (Å²) in [5.41, 5.74) is 28.4. The average molecular weight is 1880 g/mol. The van der Waals surface area contributed by atoms with Gasteiger partial charge in [0.1, 0.15) is 98.4 Å². The lowest BCUT2D eigenvalue weighted by Gasteiger charge is -2.37. The van der Waals surface area contributed by atoms with Gasteiger partial charge < -0.3 is 42.1 Å². The number of pyridine rings is 5. The summed E-state index contributed by atoms with van der Waals surface area (Å²) < 4.78 is 73.6. The number of hydrogen-bond acceptors (Lipinski definition) is 10. The van der Waals surface area contributed by atoms with Crippen LogP contribution >= 0.6 is 0 Å². The van der Waals surface area contributed by atoms with Crippen LogP contribution in [-0.2, 0) is 36.3 Å². The Labute approximate surface area is 822 Å². The van der Waals surface area contributed by atoms with Gasteiger partial charge >= 0.3 is 28.5 Å². The molecule has 22 nitrogen and oxygen atoms in total. The monoisotopic (exact) mass is 1870 g/mol. The van der Waals surface area contributed by atoms with Crippen molar-refractivity contribution in [1.82, 2.24) is 32.6 Å². The van der Waals surface area contributed by atoms with E-state index < -0.39 is 17.0 Å². The first kappa shape index (κ1) is 79.5. The zero-order chi connectivity index (χ0) is 94.4. The number of anilines is 1. The molecule has 0 saturated carbocycles. The minimum absolute atomic E-state index is 0.277. The number of ether oxygens (including phenoxy) is 6. The van der Waals surface area contributed by atoms with Gasteiger partial charge in [-0.3, -0.25) is 4.98 Å². The fourth-order valence-corrected chi connectivity index (χ4v) is 26.2. The molecule has 0 amide bonds. The predicted molar refractivity (Wildman–Crippen MR) is 544 cm³/mol. The first-order valence-corrected chi connectivity index (χ1v) is 49.5. The molecule has 34 rings (SSSR count). The van der Waals surface area contributed by atoms with Crippen molar-refractivity contribution in [2.24, 2.45) is 0 Å². The molecule has 0 aliphatic carbocycles. The number of para-hydroxylation sites is 2. The molecule has 686 valence electrons. The number of fused-ring (bicyclic) bond motifs is 20. The van der Waals surface area contributed by atoms with Gasteiger partial charge in [0, 0.05) is 124 Å². The molecule has 0 bridgehead atoms. The lowest BCUT2D eigenvalue weighted by Crippen LogP contribution is -2.76. The molecule has 3 spiro atoms. The maximum absolute atomic E-state index is 13.8. The second-order valence-electron chi connectivity index (χ2n) is 39.0. The summed E-state index contributed by atoms with van der Waals surface area (Å²) >= 11 is 0. The van der Waals surface area contributed by atoms with Gasteiger partial charge in [-0.1, -0.05) is 129 Å². The van der Waals surface area contributed by atoms with E-state index in [9.17, 15) is 4.79 Å². The topological polar surface area (TPSA) is 154 Å². The molecule has 12 aromatic heterocycles. The molecule has 11 aliphatic rings. The third-order valence-corrected chi connectivity index (χ3v) is 31.8. The van der Waals surface area contributed by atoms with Gasteiger partial charge in [-0.15, -0.1) is 14.0 Å². The lowest BCUT2D eigenvalue weighted by atomic mass is 9.82. The van der Waals surface area contributed by atoms with Crippen LogP contribution in [0.25, 0.3) is 123 Å². The summed E-state index contributed by atoms with van der Waals surface area (Å²) in [7, 11) is 0. The van der Waals surface area contributed by atoms with E-state index in [2.05, 4.69) is 347 Å². The van der Waals surface area contributed by atoms with Crippen LogP contribution in [0.5, 0.6) is 57.6 Å². The number of aromatic nitrogens is 13. The van der Waals surface area contributed by atoms with E-state index >= 15 is 0 Å². The summed E-state index contributed by atoms with van der Waals surface area (Å²) in [6.07, 6.45) is 30.2. The highest BCUT2D eigenvalue weighted by atomic mass is 16.5. The lowest BCUT2D eigenvalue weighted by molar-refractivity contribution is -0.999. The smallest absolute Gasteiger partial charge is 0.452 e. The molecule has 0 saturated heterocycles. The van der Waals surface area contributed by atoms with Gasteiger partial charge in [0.25, 0.3) is 17.3 Å². The minimum Gasteiger partial charge on any atom is -0.490 e. The van der Waals surface area contributed by atoms with E-state index in [4.69, 9.17) is 32.8 Å². The molecule has 3 unspecified atom stereocenters. The summed E-state index contributed by atoms with van der Waals surface area (Å²) in [6.45, 7) is 7.23. The predicted octanol–water partition coefficient (Wildman–Crippen LogP) is 20.9. The van der Waals surface area contributed by atoms with Crippen molar-refractivity contribution in [2.45, 2.75) is 62.9 Å². The quantitative estimate of drug-likeness (QED) is 0.0694. The number of rotatable bonds is 11. The van der Waals surface area contributed by atoms with E-state index in [1.807, 2.05) is 103 Å². The Morgan fingerprint density at radius 1 is 0.451 bits per heavy atom. The van der Waals surface area contributed by atoms with Crippen molar-refractivity contribution in [3.05, 3.63) is 454 Å². The maximum Gasteiger partial charge on any atom is 0.452 e. The highest BCUT2D eigenvalue weighted by molar-refractivity contribution is 6.13. The molecule has 3 atom stereocenters. The number of nitrogens with zero attached hydrogens (tertiary/aromatic N) is 14. The van der Waals surface area contributed by atoms with Crippen LogP contribution in [0.3, 0.4) is 0 Å². The number of benzene rings is 11. The SMILES string of the molecule is Cc1c(OCCOc2ccc(/C=C/c3ccccn3)cc2)c(C)[n+]2n1-c1cccc3c1C21c2c(cccc2Oc2cccc[n+]21)O3.O=c1oc2cc3c4c(c2cc1Cc1ccc2c5c1Oc1ccc6c7ccccc7n7c6c1C5([n+]1ccccc1-7)[n+]1cccn1-2)CCCN4CCC3.c1cc2c3c(c1)-n1cc(-c4ccc(-c5cc6ccccn6c5)cc4)c[n+]1C31c3c(ccc4c5ccccc5n(c34)-c3cccc[n+]31)O2. The molecule has 11 aliphatic heterocycles. The highest BCUT2D eigenvalue weighted by Gasteiger charge is 2.74. The molecular weight excluding hydrogens is 1790 g/mol. The summed E-state index contributed by atoms with van der Waals surface area (Å²) in [6, 6.07) is 106. The Bertz CT molecular complexity index is 9710. The molecule has 0 fully saturated rings. The van der Waals surface area contributed by atoms with Crippen molar-refractivity contribution in [2.75, 3.05) is 31.2 Å². The fourth-order valence-electron chi connectivity index (χ4n) is 26.2. The van der Waals surface area contributed by atoms with Crippen LogP contribution in [0.1, 0.15) is 91.1 Å². The van der Waals surface area contributed by atoms with E-state index in [1.165, 1.54) is 82.7 Å². The Kier molecular flexibility index (Phi) is 16.1. The number of hydrogen-bond donors (Lipinski definition) is 0. The molecule has 144 heavy (non-hydrogen) atoms. The standard InChI is InChI=1S/C43H31N5O3.C41H25N5O.C38H30N4O4/c49-42-27(23-31-29-10-6-18-44-17-5-8-25(39(29)44)24-35(31)51-42)22-26-13-15-33-37-41(26)50-34-16-14-30-28-9-1-2-11-32(28)48-36-12-3-4-19-45(36)43(37,38(34)40(30)48)47-21-7-20-46(33)47;1-2-10-33-31(9-1)32-18-19-36-39-40(32)46(33)37-13-4-6-21-43(37)41(39)38-34(11-7-12-35(38)47-36)44-24-29(25-45(41)44)27-16-14-26(15-17-27)28-22-30-8-3-5-20-42(30)23-28;1-25-37(44-24-23-43-29-19-16-27(17-20-29)15-18-28-9-3-5-21-39-28)26(2)42-38-35-30(41(25)42)10-7-11-31(35)45-32-12-8-13-33(36(32)38)46-34-14-4-6-22-40(34)38/h1-4,7,9,11-16,19-21,23-24H,5-6,8,10,17-18,22H2;1-25H;3-22H,23-24H2,1-2H3/q3*+2/b;;18-15+. The molecule has 0 N–H and O–H groups in total. The van der Waals surface area contributed by atoms with Crippen molar-refractivity contribution in [3.8, 4) is 109 Å². The van der Waals surface area contributed by atoms with Crippen LogP contribution in [0, 0.1) is 13.8 Å². The van der Waals surface area contributed by atoms with Crippen molar-refractivity contribution >= 4 is 77.9 Å². The summed E-state index contributed by atoms with van der Waals surface area (Å²) in [5.74, 6) is 10.4. The van der Waals surface area contributed by atoms with Crippen molar-refractivity contribution in [1.29, 1.82) is 0 Å². The minimum atomic E-state index is -0.759. The van der Waals surface area contributed by atoms with Crippen LogP contribution in [0.15, 0.2) is 374 Å². The van der Waals surface area contributed by atoms with Gasteiger partial charge in [-0.05, 0) is 235 Å². The van der Waals surface area contributed by atoms with Gasteiger partial charge in [-0.25, -0.2) is 4.79 Å². The molecule has 23 heterocycles. The van der Waals surface area contributed by atoms with Crippen LogP contribution in [0.4, 0.5) is 5.69 Å². The normalized spacial score (nSPS) is 17.0. The van der Waals surface area contributed by atoms with E-state index in [1.54, 1.807) is 6.20 Å². The Morgan fingerprint density at radius 2 is 1.09 bits per heavy atom. The Balaban J connectivity index is 0.0000000969. The second kappa shape index (κ2) is 29.1. The highest BCUT2D eigenvalue weighted by Crippen LogP contribution is 2.61. The first-order chi connectivity index (χ1) is 71.1. The number of aryl methyl sites for hydroxylation is 2. The summed E-state index contributed by atoms with van der Waals surface area (Å²) in [5, 5.41) is 5.97. The van der Waals surface area contributed by atoms with Gasteiger partial charge in [0.15, 0.2) is 50.8 Å². The first-order valence-electron chi connectivity index (χ1n) is 49.5. The molecule has 22 heteroatoms. The Hall–Kier alpha value is -18.4. The van der Waals surface area contributed by atoms with Gasteiger partial charge in [-0.2, -0.15) is 18.3 Å². The molecular formula is C122H86N14O8+6. The second-order valence-corrected chi connectivity index (χ2v) is 39.0. The van der Waals surface area contributed by atoms with Crippen LogP contribution in [0.2, 0.25) is 0 Å². The van der Waals surface area contributed by atoms with E-state index in [0.29, 0.717) is 30.8 Å². The molecule has 23 aromatic rings. The van der Waals surface area contributed by atoms with E-state index in [-0.39, 0.29) is 5.63 Å². The van der Waals surface area contributed by atoms with Crippen LogP contribution < -0.4 is 66.7 Å². The van der Waals surface area contributed by atoms with E-state index in [0.717, 1.165) is 198 Å². The van der Waals surface area contributed by atoms with Crippen LogP contribution in [-0.4, -0.2) is 58.9 Å². The largest absolute Gasteiger partial charge is 0.490 e. The zero-order valence-corrected chi connectivity index (χ0v) is 78.2. The zero-order valence-electron chi connectivity index (χ0n) is 78.2. The van der Waals surface area contributed by atoms with Gasteiger partial charge in [0.2, 0.25) is 18.1 Å². The molecule has 11 aromatic carbocycles. The maximum atomic E-state index is 13.8. The van der Waals surface area contributed by atoms with Crippen molar-refractivity contribution in [3.63, 3.8) is 0 Å². The molecule has 0 radical (unpaired) electrons.